The molecule has 0 radical (unpaired) electrons. The van der Waals surface area contributed by atoms with Crippen LogP contribution in [-0.4, -0.2) is 19.3 Å². The molecule has 1 aromatic carbocycles. The van der Waals surface area contributed by atoms with Crippen molar-refractivity contribution >= 4 is 11.6 Å². The first-order chi connectivity index (χ1) is 8.04. The third kappa shape index (κ3) is 2.73. The summed E-state index contributed by atoms with van der Waals surface area (Å²) in [5, 5.41) is 0.697. The molecule has 1 aliphatic heterocycles. The highest BCUT2D eigenvalue weighted by atomic mass is 35.5. The van der Waals surface area contributed by atoms with E-state index in [-0.39, 0.29) is 11.6 Å². The zero-order valence-corrected chi connectivity index (χ0v) is 11.0. The molecule has 1 aliphatic rings. The first kappa shape index (κ1) is 12.7. The molecular formula is C13H18ClNO2. The van der Waals surface area contributed by atoms with E-state index in [2.05, 4.69) is 6.92 Å². The smallest absolute Gasteiger partial charge is 0.125 e. The minimum absolute atomic E-state index is 0.0284. The lowest BCUT2D eigenvalue weighted by atomic mass is 9.87. The van der Waals surface area contributed by atoms with Gasteiger partial charge in [0.1, 0.15) is 11.4 Å². The summed E-state index contributed by atoms with van der Waals surface area (Å²) in [5.74, 6) is 0.840. The fourth-order valence-electron chi connectivity index (χ4n) is 2.26. The Morgan fingerprint density at radius 2 is 2.35 bits per heavy atom. The fraction of sp³-hybridized carbons (Fsp3) is 0.538. The van der Waals surface area contributed by atoms with Crippen LogP contribution < -0.4 is 10.5 Å². The molecule has 0 spiro atoms. The third-order valence-corrected chi connectivity index (χ3v) is 3.45. The molecule has 0 fully saturated rings. The molecule has 0 aliphatic carbocycles. The van der Waals surface area contributed by atoms with Gasteiger partial charge in [0.25, 0.3) is 0 Å². The summed E-state index contributed by atoms with van der Waals surface area (Å²) < 4.78 is 11.1. The molecule has 1 heterocycles. The number of hydrogen-bond donors (Lipinski definition) is 1. The Labute approximate surface area is 107 Å². The summed E-state index contributed by atoms with van der Waals surface area (Å²) in [7, 11) is 1.69. The van der Waals surface area contributed by atoms with Gasteiger partial charge in [-0.1, -0.05) is 11.6 Å². The quantitative estimate of drug-likeness (QED) is 0.903. The van der Waals surface area contributed by atoms with Gasteiger partial charge >= 0.3 is 0 Å². The SMILES string of the molecule is COCCC1(C)C[C@H](N)c2cc(Cl)ccc2O1. The van der Waals surface area contributed by atoms with Crippen molar-refractivity contribution in [1.82, 2.24) is 0 Å². The largest absolute Gasteiger partial charge is 0.487 e. The van der Waals surface area contributed by atoms with Gasteiger partial charge < -0.3 is 15.2 Å². The molecular weight excluding hydrogens is 238 g/mol. The predicted molar refractivity (Wildman–Crippen MR) is 68.5 cm³/mol. The van der Waals surface area contributed by atoms with E-state index in [1.165, 1.54) is 0 Å². The topological polar surface area (TPSA) is 44.5 Å². The Morgan fingerprint density at radius 1 is 1.59 bits per heavy atom. The number of hydrogen-bond acceptors (Lipinski definition) is 3. The lowest BCUT2D eigenvalue weighted by molar-refractivity contribution is 0.0215. The van der Waals surface area contributed by atoms with E-state index in [9.17, 15) is 0 Å². The van der Waals surface area contributed by atoms with Gasteiger partial charge in [-0.25, -0.2) is 0 Å². The number of ether oxygens (including phenoxy) is 2. The van der Waals surface area contributed by atoms with Crippen LogP contribution in [-0.2, 0) is 4.74 Å². The fourth-order valence-corrected chi connectivity index (χ4v) is 2.44. The molecule has 3 nitrogen and oxygen atoms in total. The van der Waals surface area contributed by atoms with Crippen molar-refractivity contribution in [2.75, 3.05) is 13.7 Å². The summed E-state index contributed by atoms with van der Waals surface area (Å²) >= 11 is 5.97. The van der Waals surface area contributed by atoms with E-state index in [4.69, 9.17) is 26.8 Å². The Morgan fingerprint density at radius 3 is 3.06 bits per heavy atom. The van der Waals surface area contributed by atoms with Gasteiger partial charge in [0.15, 0.2) is 0 Å². The number of rotatable bonds is 3. The standard InChI is InChI=1S/C13H18ClNO2/c1-13(5-6-16-2)8-11(15)10-7-9(14)3-4-12(10)17-13/h3-4,7,11H,5-6,8,15H2,1-2H3/t11-,13?/m0/s1. The van der Waals surface area contributed by atoms with Crippen molar-refractivity contribution in [3.63, 3.8) is 0 Å². The van der Waals surface area contributed by atoms with Crippen molar-refractivity contribution in [3.8, 4) is 5.75 Å². The van der Waals surface area contributed by atoms with Crippen molar-refractivity contribution in [3.05, 3.63) is 28.8 Å². The molecule has 2 atom stereocenters. The van der Waals surface area contributed by atoms with Crippen molar-refractivity contribution < 1.29 is 9.47 Å². The summed E-state index contributed by atoms with van der Waals surface area (Å²) in [4.78, 5) is 0. The first-order valence-corrected chi connectivity index (χ1v) is 6.15. The second-order valence-corrected chi connectivity index (χ2v) is 5.22. The molecule has 0 saturated carbocycles. The van der Waals surface area contributed by atoms with Crippen LogP contribution in [0.15, 0.2) is 18.2 Å². The summed E-state index contributed by atoms with van der Waals surface area (Å²) in [6, 6.07) is 5.58. The highest BCUT2D eigenvalue weighted by Crippen LogP contribution is 2.40. The van der Waals surface area contributed by atoms with Gasteiger partial charge in [0.2, 0.25) is 0 Å². The number of fused-ring (bicyclic) bond motifs is 1. The van der Waals surface area contributed by atoms with Crippen LogP contribution in [0.4, 0.5) is 0 Å². The summed E-state index contributed by atoms with van der Waals surface area (Å²) in [6.45, 7) is 2.75. The van der Waals surface area contributed by atoms with Gasteiger partial charge in [0.05, 0.1) is 0 Å². The monoisotopic (exact) mass is 255 g/mol. The average Bonchev–Trinajstić information content (AvgIpc) is 2.28. The molecule has 2 N–H and O–H groups in total. The number of nitrogens with two attached hydrogens (primary N) is 1. The maximum atomic E-state index is 6.18. The van der Waals surface area contributed by atoms with Crippen molar-refractivity contribution in [2.24, 2.45) is 5.73 Å². The van der Waals surface area contributed by atoms with E-state index in [0.717, 1.165) is 24.2 Å². The van der Waals surface area contributed by atoms with Crippen molar-refractivity contribution in [2.45, 2.75) is 31.4 Å². The lowest BCUT2D eigenvalue weighted by Crippen LogP contribution is -2.41. The van der Waals surface area contributed by atoms with Crippen LogP contribution in [0.3, 0.4) is 0 Å². The van der Waals surface area contributed by atoms with Crippen LogP contribution in [0.25, 0.3) is 0 Å². The van der Waals surface area contributed by atoms with Crippen LogP contribution >= 0.6 is 11.6 Å². The predicted octanol–water partition coefficient (Wildman–Crippen LogP) is 2.92. The minimum atomic E-state index is -0.254. The second-order valence-electron chi connectivity index (χ2n) is 4.79. The maximum Gasteiger partial charge on any atom is 0.125 e. The second kappa shape index (κ2) is 4.84. The molecule has 1 aromatic rings. The number of methoxy groups -OCH3 is 1. The van der Waals surface area contributed by atoms with Gasteiger partial charge in [-0.05, 0) is 25.1 Å². The summed E-state index contributed by atoms with van der Waals surface area (Å²) in [6.07, 6.45) is 1.61. The first-order valence-electron chi connectivity index (χ1n) is 5.77. The number of halogens is 1. The van der Waals surface area contributed by atoms with E-state index in [1.54, 1.807) is 7.11 Å². The molecule has 0 bridgehead atoms. The Kier molecular flexibility index (Phi) is 3.61. The molecule has 94 valence electrons. The zero-order valence-electron chi connectivity index (χ0n) is 10.2. The van der Waals surface area contributed by atoms with Gasteiger partial charge in [0, 0.05) is 43.2 Å². The van der Waals surface area contributed by atoms with E-state index < -0.39 is 0 Å². The van der Waals surface area contributed by atoms with E-state index >= 15 is 0 Å². The normalized spacial score (nSPS) is 27.4. The average molecular weight is 256 g/mol. The molecule has 0 aromatic heterocycles. The van der Waals surface area contributed by atoms with Crippen LogP contribution in [0.1, 0.15) is 31.4 Å². The highest BCUT2D eigenvalue weighted by Gasteiger charge is 2.35. The summed E-state index contributed by atoms with van der Waals surface area (Å²) in [5.41, 5.74) is 6.92. The lowest BCUT2D eigenvalue weighted by Gasteiger charge is -2.38. The molecule has 0 saturated heterocycles. The molecule has 17 heavy (non-hydrogen) atoms. The zero-order chi connectivity index (χ0) is 12.5. The highest BCUT2D eigenvalue weighted by molar-refractivity contribution is 6.30. The Bertz CT molecular complexity index is 410. The van der Waals surface area contributed by atoms with Crippen LogP contribution in [0.2, 0.25) is 5.02 Å². The molecule has 1 unspecified atom stereocenters. The van der Waals surface area contributed by atoms with E-state index in [0.29, 0.717) is 11.6 Å². The minimum Gasteiger partial charge on any atom is -0.487 e. The van der Waals surface area contributed by atoms with Crippen LogP contribution in [0, 0.1) is 0 Å². The van der Waals surface area contributed by atoms with Crippen molar-refractivity contribution in [1.29, 1.82) is 0 Å². The number of benzene rings is 1. The molecule has 4 heteroatoms. The maximum absolute atomic E-state index is 6.18. The van der Waals surface area contributed by atoms with Gasteiger partial charge in [-0.15, -0.1) is 0 Å². The Hall–Kier alpha value is -0.770. The molecule has 2 rings (SSSR count). The Balaban J connectivity index is 2.23. The third-order valence-electron chi connectivity index (χ3n) is 3.21. The van der Waals surface area contributed by atoms with Crippen LogP contribution in [0.5, 0.6) is 5.75 Å². The van der Waals surface area contributed by atoms with E-state index in [1.807, 2.05) is 18.2 Å². The molecule has 0 amide bonds. The van der Waals surface area contributed by atoms with Gasteiger partial charge in [-0.2, -0.15) is 0 Å². The van der Waals surface area contributed by atoms with Gasteiger partial charge in [-0.3, -0.25) is 0 Å².